The number of halogens is 1. The van der Waals surface area contributed by atoms with Crippen LogP contribution in [0, 0.1) is 5.82 Å². The molecule has 2 N–H and O–H groups in total. The van der Waals surface area contributed by atoms with E-state index in [-0.39, 0.29) is 5.82 Å². The van der Waals surface area contributed by atoms with Crippen molar-refractivity contribution >= 4 is 0 Å². The Labute approximate surface area is 90.2 Å². The first-order valence-corrected chi connectivity index (χ1v) is 5.42. The fourth-order valence-electron chi connectivity index (χ4n) is 1.34. The second kappa shape index (κ2) is 7.23. The maximum Gasteiger partial charge on any atom is 0.165 e. The van der Waals surface area contributed by atoms with E-state index < -0.39 is 0 Å². The number of unbranched alkanes of at least 4 members (excludes halogenated alkanes) is 3. The van der Waals surface area contributed by atoms with Crippen molar-refractivity contribution in [3.8, 4) is 5.75 Å². The molecule has 0 amide bonds. The van der Waals surface area contributed by atoms with Crippen LogP contribution in [-0.4, -0.2) is 13.2 Å². The third kappa shape index (κ3) is 4.79. The minimum absolute atomic E-state index is 0.292. The quantitative estimate of drug-likeness (QED) is 0.704. The van der Waals surface area contributed by atoms with Crippen molar-refractivity contribution in [3.05, 3.63) is 30.1 Å². The summed E-state index contributed by atoms with van der Waals surface area (Å²) in [6.07, 6.45) is 4.22. The zero-order valence-electron chi connectivity index (χ0n) is 8.92. The molecule has 84 valence electrons. The number of para-hydroxylation sites is 1. The lowest BCUT2D eigenvalue weighted by atomic mass is 10.2. The summed E-state index contributed by atoms with van der Waals surface area (Å²) in [4.78, 5) is 0. The summed E-state index contributed by atoms with van der Waals surface area (Å²) < 4.78 is 18.4. The van der Waals surface area contributed by atoms with Crippen LogP contribution < -0.4 is 10.5 Å². The number of benzene rings is 1. The van der Waals surface area contributed by atoms with E-state index in [0.29, 0.717) is 12.4 Å². The molecular weight excluding hydrogens is 193 g/mol. The third-order valence-corrected chi connectivity index (χ3v) is 2.19. The van der Waals surface area contributed by atoms with Crippen molar-refractivity contribution < 1.29 is 9.13 Å². The number of nitrogens with two attached hydrogens (primary N) is 1. The highest BCUT2D eigenvalue weighted by Gasteiger charge is 2.00. The summed E-state index contributed by atoms with van der Waals surface area (Å²) in [6.45, 7) is 1.32. The number of hydrogen-bond acceptors (Lipinski definition) is 2. The van der Waals surface area contributed by atoms with E-state index in [4.69, 9.17) is 10.5 Å². The van der Waals surface area contributed by atoms with Crippen molar-refractivity contribution in [2.45, 2.75) is 25.7 Å². The van der Waals surface area contributed by atoms with Crippen molar-refractivity contribution in [1.29, 1.82) is 0 Å². The first-order valence-electron chi connectivity index (χ1n) is 5.42. The van der Waals surface area contributed by atoms with Crippen LogP contribution in [0.4, 0.5) is 4.39 Å². The Morgan fingerprint density at radius 2 is 1.80 bits per heavy atom. The molecule has 3 heteroatoms. The van der Waals surface area contributed by atoms with Crippen LogP contribution in [-0.2, 0) is 0 Å². The van der Waals surface area contributed by atoms with Gasteiger partial charge in [0, 0.05) is 0 Å². The van der Waals surface area contributed by atoms with Crippen molar-refractivity contribution in [1.82, 2.24) is 0 Å². The van der Waals surface area contributed by atoms with Gasteiger partial charge in [0.25, 0.3) is 0 Å². The summed E-state index contributed by atoms with van der Waals surface area (Å²) in [5, 5.41) is 0. The SMILES string of the molecule is NCCCCCCOc1ccccc1F. The molecule has 0 aliphatic heterocycles. The molecule has 15 heavy (non-hydrogen) atoms. The van der Waals surface area contributed by atoms with E-state index in [1.807, 2.05) is 0 Å². The van der Waals surface area contributed by atoms with Gasteiger partial charge in [-0.05, 0) is 31.5 Å². The summed E-state index contributed by atoms with van der Waals surface area (Å²) in [7, 11) is 0. The normalized spacial score (nSPS) is 10.3. The highest BCUT2D eigenvalue weighted by molar-refractivity contribution is 5.23. The van der Waals surface area contributed by atoms with Crippen LogP contribution in [0.3, 0.4) is 0 Å². The molecular formula is C12H18FNO. The average molecular weight is 211 g/mol. The summed E-state index contributed by atoms with van der Waals surface area (Å²) in [5.41, 5.74) is 5.37. The lowest BCUT2D eigenvalue weighted by Crippen LogP contribution is -2.01. The zero-order valence-corrected chi connectivity index (χ0v) is 8.92. The first-order chi connectivity index (χ1) is 7.34. The Hall–Kier alpha value is -1.09. The van der Waals surface area contributed by atoms with E-state index in [1.165, 1.54) is 6.07 Å². The Bertz CT molecular complexity index is 278. The van der Waals surface area contributed by atoms with Crippen LogP contribution in [0.5, 0.6) is 5.75 Å². The smallest absolute Gasteiger partial charge is 0.165 e. The van der Waals surface area contributed by atoms with Crippen LogP contribution in [0.15, 0.2) is 24.3 Å². The van der Waals surface area contributed by atoms with Crippen molar-refractivity contribution in [2.24, 2.45) is 5.73 Å². The maximum absolute atomic E-state index is 13.1. The molecule has 2 nitrogen and oxygen atoms in total. The molecule has 0 atom stereocenters. The first kappa shape index (κ1) is 12.0. The average Bonchev–Trinajstić information content (AvgIpc) is 2.25. The molecule has 0 aliphatic rings. The fourth-order valence-corrected chi connectivity index (χ4v) is 1.34. The van der Waals surface area contributed by atoms with E-state index in [9.17, 15) is 4.39 Å². The maximum atomic E-state index is 13.1. The van der Waals surface area contributed by atoms with Gasteiger partial charge >= 0.3 is 0 Å². The van der Waals surface area contributed by atoms with Crippen molar-refractivity contribution in [2.75, 3.05) is 13.2 Å². The van der Waals surface area contributed by atoms with Crippen LogP contribution >= 0.6 is 0 Å². The fraction of sp³-hybridized carbons (Fsp3) is 0.500. The van der Waals surface area contributed by atoms with Crippen LogP contribution in [0.1, 0.15) is 25.7 Å². The van der Waals surface area contributed by atoms with E-state index in [1.54, 1.807) is 18.2 Å². The highest BCUT2D eigenvalue weighted by atomic mass is 19.1. The molecule has 1 aromatic rings. The highest BCUT2D eigenvalue weighted by Crippen LogP contribution is 2.15. The second-order valence-electron chi connectivity index (χ2n) is 3.48. The molecule has 0 fully saturated rings. The largest absolute Gasteiger partial charge is 0.491 e. The molecule has 0 aromatic heterocycles. The number of ether oxygens (including phenoxy) is 1. The second-order valence-corrected chi connectivity index (χ2v) is 3.48. The van der Waals surface area contributed by atoms with Crippen molar-refractivity contribution in [3.63, 3.8) is 0 Å². The molecule has 0 saturated heterocycles. The van der Waals surface area contributed by atoms with Gasteiger partial charge in [-0.15, -0.1) is 0 Å². The molecule has 0 aliphatic carbocycles. The standard InChI is InChI=1S/C12H18FNO/c13-11-7-3-4-8-12(11)15-10-6-2-1-5-9-14/h3-4,7-8H,1-2,5-6,9-10,14H2. The molecule has 1 rings (SSSR count). The number of rotatable bonds is 7. The van der Waals surface area contributed by atoms with E-state index >= 15 is 0 Å². The van der Waals surface area contributed by atoms with Gasteiger partial charge in [-0.3, -0.25) is 0 Å². The van der Waals surface area contributed by atoms with Gasteiger partial charge < -0.3 is 10.5 Å². The molecule has 1 aromatic carbocycles. The van der Waals surface area contributed by atoms with Crippen LogP contribution in [0.2, 0.25) is 0 Å². The van der Waals surface area contributed by atoms with E-state index in [2.05, 4.69) is 0 Å². The van der Waals surface area contributed by atoms with Gasteiger partial charge in [-0.25, -0.2) is 4.39 Å². The van der Waals surface area contributed by atoms with E-state index in [0.717, 1.165) is 32.2 Å². The van der Waals surface area contributed by atoms with Gasteiger partial charge in [0.05, 0.1) is 6.61 Å². The zero-order chi connectivity index (χ0) is 10.9. The van der Waals surface area contributed by atoms with Gasteiger partial charge in [-0.1, -0.05) is 25.0 Å². The van der Waals surface area contributed by atoms with Gasteiger partial charge in [0.15, 0.2) is 11.6 Å². The Morgan fingerprint density at radius 1 is 1.07 bits per heavy atom. The topological polar surface area (TPSA) is 35.2 Å². The molecule has 0 bridgehead atoms. The Morgan fingerprint density at radius 3 is 2.53 bits per heavy atom. The summed E-state index contributed by atoms with van der Waals surface area (Å²) >= 11 is 0. The minimum atomic E-state index is -0.292. The Balaban J connectivity index is 2.12. The van der Waals surface area contributed by atoms with Gasteiger partial charge in [0.2, 0.25) is 0 Å². The molecule has 0 saturated carbocycles. The van der Waals surface area contributed by atoms with Gasteiger partial charge in [-0.2, -0.15) is 0 Å². The Kier molecular flexibility index (Phi) is 5.78. The lowest BCUT2D eigenvalue weighted by molar-refractivity contribution is 0.290. The minimum Gasteiger partial charge on any atom is -0.491 e. The predicted molar refractivity (Wildman–Crippen MR) is 59.4 cm³/mol. The lowest BCUT2D eigenvalue weighted by Gasteiger charge is -2.06. The number of hydrogen-bond donors (Lipinski definition) is 1. The molecule has 0 unspecified atom stereocenters. The van der Waals surface area contributed by atoms with Crippen LogP contribution in [0.25, 0.3) is 0 Å². The summed E-state index contributed by atoms with van der Waals surface area (Å²) in [6, 6.07) is 6.48. The predicted octanol–water partition coefficient (Wildman–Crippen LogP) is 2.72. The summed E-state index contributed by atoms with van der Waals surface area (Å²) in [5.74, 6) is 0.0517. The monoisotopic (exact) mass is 211 g/mol. The van der Waals surface area contributed by atoms with Gasteiger partial charge in [0.1, 0.15) is 0 Å². The molecule has 0 heterocycles. The molecule has 0 spiro atoms. The molecule has 0 radical (unpaired) electrons. The third-order valence-electron chi connectivity index (χ3n) is 2.19.